The number of carbonyl (C=O) groups excluding carboxylic acids is 1. The summed E-state index contributed by atoms with van der Waals surface area (Å²) >= 11 is 0. The molecular formula is C9H7NO6. The lowest BCUT2D eigenvalue weighted by atomic mass is 10.1. The molecule has 1 rings (SSSR count). The van der Waals surface area contributed by atoms with E-state index in [0.717, 1.165) is 12.1 Å². The number of methoxy groups -OCH3 is 1. The van der Waals surface area contributed by atoms with Crippen LogP contribution in [0.4, 0.5) is 5.69 Å². The van der Waals surface area contributed by atoms with Crippen molar-refractivity contribution >= 4 is 17.9 Å². The van der Waals surface area contributed by atoms with Gasteiger partial charge in [-0.15, -0.1) is 0 Å². The quantitative estimate of drug-likeness (QED) is 0.467. The second-order valence-electron chi connectivity index (χ2n) is 2.79. The van der Waals surface area contributed by atoms with E-state index < -0.39 is 27.7 Å². The van der Waals surface area contributed by atoms with Crippen LogP contribution in [0.5, 0.6) is 5.75 Å². The molecular weight excluding hydrogens is 218 g/mol. The van der Waals surface area contributed by atoms with Crippen LogP contribution in [0, 0.1) is 10.1 Å². The van der Waals surface area contributed by atoms with E-state index in [1.54, 1.807) is 0 Å². The lowest BCUT2D eigenvalue weighted by Gasteiger charge is -2.04. The Balaban J connectivity index is 3.59. The molecule has 0 fully saturated rings. The number of carboxylic acids is 1. The smallest absolute Gasteiger partial charge is 0.336 e. The number of carboxylic acid groups (broad SMARTS) is 1. The van der Waals surface area contributed by atoms with Gasteiger partial charge in [0.1, 0.15) is 11.3 Å². The van der Waals surface area contributed by atoms with E-state index in [-0.39, 0.29) is 12.0 Å². The number of hydrogen-bond acceptors (Lipinski definition) is 5. The Morgan fingerprint density at radius 2 is 2.19 bits per heavy atom. The Bertz CT molecular complexity index is 432. The van der Waals surface area contributed by atoms with Crippen LogP contribution in [0.3, 0.4) is 0 Å². The van der Waals surface area contributed by atoms with Gasteiger partial charge in [0.05, 0.1) is 23.7 Å². The summed E-state index contributed by atoms with van der Waals surface area (Å²) in [6, 6.07) is 2.05. The van der Waals surface area contributed by atoms with E-state index in [4.69, 9.17) is 9.84 Å². The van der Waals surface area contributed by atoms with Crippen molar-refractivity contribution in [2.75, 3.05) is 7.11 Å². The van der Waals surface area contributed by atoms with Crippen LogP contribution >= 0.6 is 0 Å². The molecule has 84 valence electrons. The number of carbonyl (C=O) groups is 2. The van der Waals surface area contributed by atoms with Gasteiger partial charge in [0.15, 0.2) is 6.29 Å². The van der Waals surface area contributed by atoms with E-state index in [9.17, 15) is 19.7 Å². The van der Waals surface area contributed by atoms with Crippen molar-refractivity contribution < 1.29 is 24.4 Å². The van der Waals surface area contributed by atoms with Gasteiger partial charge >= 0.3 is 5.97 Å². The molecule has 0 unspecified atom stereocenters. The topological polar surface area (TPSA) is 107 Å². The largest absolute Gasteiger partial charge is 0.496 e. The number of nitro benzene ring substituents is 1. The average Bonchev–Trinajstić information content (AvgIpc) is 2.26. The molecule has 1 N–H and O–H groups in total. The summed E-state index contributed by atoms with van der Waals surface area (Å²) in [5.74, 6) is -1.42. The molecule has 16 heavy (non-hydrogen) atoms. The zero-order chi connectivity index (χ0) is 12.3. The summed E-state index contributed by atoms with van der Waals surface area (Å²) < 4.78 is 4.71. The molecule has 0 aromatic heterocycles. The third kappa shape index (κ3) is 1.97. The zero-order valence-corrected chi connectivity index (χ0v) is 8.17. The Labute approximate surface area is 89.4 Å². The number of ether oxygens (including phenoxy) is 1. The maximum absolute atomic E-state index is 10.8. The molecule has 0 saturated heterocycles. The highest BCUT2D eigenvalue weighted by Gasteiger charge is 2.23. The van der Waals surface area contributed by atoms with E-state index in [0.29, 0.717) is 0 Å². The fraction of sp³-hybridized carbons (Fsp3) is 0.111. The van der Waals surface area contributed by atoms with E-state index in [2.05, 4.69) is 0 Å². The summed E-state index contributed by atoms with van der Waals surface area (Å²) in [5.41, 5.74) is -1.52. The van der Waals surface area contributed by atoms with E-state index in [1.165, 1.54) is 7.11 Å². The average molecular weight is 225 g/mol. The molecule has 0 spiro atoms. The molecule has 0 amide bonds. The highest BCUT2D eigenvalue weighted by atomic mass is 16.6. The third-order valence-corrected chi connectivity index (χ3v) is 1.91. The van der Waals surface area contributed by atoms with Gasteiger partial charge in [0.25, 0.3) is 5.69 Å². The van der Waals surface area contributed by atoms with Crippen LogP contribution < -0.4 is 4.74 Å². The van der Waals surface area contributed by atoms with Crippen LogP contribution in [0.1, 0.15) is 20.7 Å². The van der Waals surface area contributed by atoms with Gasteiger partial charge < -0.3 is 9.84 Å². The molecule has 1 aromatic rings. The van der Waals surface area contributed by atoms with Crippen LogP contribution in [0.2, 0.25) is 0 Å². The molecule has 0 radical (unpaired) electrons. The van der Waals surface area contributed by atoms with Crippen molar-refractivity contribution in [3.63, 3.8) is 0 Å². The van der Waals surface area contributed by atoms with Gasteiger partial charge in [0.2, 0.25) is 0 Å². The maximum Gasteiger partial charge on any atom is 0.336 e. The fourth-order valence-corrected chi connectivity index (χ4v) is 1.18. The molecule has 0 atom stereocenters. The molecule has 1 aromatic carbocycles. The minimum absolute atomic E-state index is 0.00898. The number of nitro groups is 1. The summed E-state index contributed by atoms with van der Waals surface area (Å²) in [6.45, 7) is 0. The number of rotatable bonds is 4. The Hall–Kier alpha value is -2.44. The van der Waals surface area contributed by atoms with E-state index >= 15 is 0 Å². The van der Waals surface area contributed by atoms with Crippen LogP contribution in [0.25, 0.3) is 0 Å². The lowest BCUT2D eigenvalue weighted by Crippen LogP contribution is -2.06. The minimum atomic E-state index is -1.43. The number of benzene rings is 1. The van der Waals surface area contributed by atoms with Gasteiger partial charge in [-0.2, -0.15) is 0 Å². The molecule has 0 saturated carbocycles. The van der Waals surface area contributed by atoms with E-state index in [1.807, 2.05) is 0 Å². The maximum atomic E-state index is 10.8. The van der Waals surface area contributed by atoms with Crippen LogP contribution in [-0.2, 0) is 0 Å². The fourth-order valence-electron chi connectivity index (χ4n) is 1.18. The van der Waals surface area contributed by atoms with Crippen LogP contribution in [0.15, 0.2) is 12.1 Å². The van der Waals surface area contributed by atoms with Crippen molar-refractivity contribution in [3.8, 4) is 5.75 Å². The third-order valence-electron chi connectivity index (χ3n) is 1.91. The van der Waals surface area contributed by atoms with Gasteiger partial charge in [-0.05, 0) is 6.07 Å². The molecule has 0 heterocycles. The first-order valence-electron chi connectivity index (χ1n) is 4.06. The predicted octanol–water partition coefficient (Wildman–Crippen LogP) is 1.11. The summed E-state index contributed by atoms with van der Waals surface area (Å²) in [6.07, 6.45) is 0.140. The monoisotopic (exact) mass is 225 g/mol. The lowest BCUT2D eigenvalue weighted by molar-refractivity contribution is -0.385. The molecule has 7 nitrogen and oxygen atoms in total. The Kier molecular flexibility index (Phi) is 3.19. The first kappa shape index (κ1) is 11.6. The predicted molar refractivity (Wildman–Crippen MR) is 52.0 cm³/mol. The first-order valence-corrected chi connectivity index (χ1v) is 4.06. The second-order valence-corrected chi connectivity index (χ2v) is 2.79. The minimum Gasteiger partial charge on any atom is -0.496 e. The Morgan fingerprint density at radius 3 is 2.56 bits per heavy atom. The van der Waals surface area contributed by atoms with Crippen molar-refractivity contribution in [1.82, 2.24) is 0 Å². The number of aldehydes is 1. The van der Waals surface area contributed by atoms with Gasteiger partial charge in [-0.3, -0.25) is 14.9 Å². The van der Waals surface area contributed by atoms with Gasteiger partial charge in [-0.25, -0.2) is 4.79 Å². The van der Waals surface area contributed by atoms with Crippen molar-refractivity contribution in [2.24, 2.45) is 0 Å². The van der Waals surface area contributed by atoms with Crippen molar-refractivity contribution in [2.45, 2.75) is 0 Å². The molecule has 0 aliphatic carbocycles. The standard InChI is InChI=1S/C9H7NO6/c1-16-5-2-6(9(12)13)7(4-11)8(3-5)10(14)15/h2-4H,1H3,(H,12,13). The van der Waals surface area contributed by atoms with Crippen molar-refractivity contribution in [3.05, 3.63) is 33.4 Å². The second kappa shape index (κ2) is 4.39. The molecule has 7 heteroatoms. The number of nitrogens with zero attached hydrogens (tertiary/aromatic N) is 1. The zero-order valence-electron chi connectivity index (χ0n) is 8.17. The SMILES string of the molecule is COc1cc(C(=O)O)c(C=O)c([N+](=O)[O-])c1. The molecule has 0 bridgehead atoms. The summed E-state index contributed by atoms with van der Waals surface area (Å²) in [5, 5.41) is 19.4. The highest BCUT2D eigenvalue weighted by molar-refractivity contribution is 6.00. The highest BCUT2D eigenvalue weighted by Crippen LogP contribution is 2.27. The van der Waals surface area contributed by atoms with Crippen LogP contribution in [-0.4, -0.2) is 29.4 Å². The number of hydrogen-bond donors (Lipinski definition) is 1. The first-order chi connectivity index (χ1) is 7.51. The summed E-state index contributed by atoms with van der Waals surface area (Å²) in [7, 11) is 1.24. The number of aromatic carboxylic acids is 1. The molecule has 0 aliphatic rings. The summed E-state index contributed by atoms with van der Waals surface area (Å²) in [4.78, 5) is 31.2. The normalized spacial score (nSPS) is 9.56. The van der Waals surface area contributed by atoms with Gasteiger partial charge in [0, 0.05) is 0 Å². The van der Waals surface area contributed by atoms with Crippen molar-refractivity contribution in [1.29, 1.82) is 0 Å². The molecule has 0 aliphatic heterocycles. The van der Waals surface area contributed by atoms with Gasteiger partial charge in [-0.1, -0.05) is 0 Å². The Morgan fingerprint density at radius 1 is 1.56 bits per heavy atom.